The van der Waals surface area contributed by atoms with Gasteiger partial charge in [-0.3, -0.25) is 0 Å². The van der Waals surface area contributed by atoms with Gasteiger partial charge in [0.2, 0.25) is 5.88 Å². The Hall–Kier alpha value is -1.17. The molecule has 1 N–H and O–H groups in total. The van der Waals surface area contributed by atoms with Crippen molar-refractivity contribution >= 4 is 11.6 Å². The Labute approximate surface area is 88.5 Å². The molecule has 0 aliphatic carbocycles. The summed E-state index contributed by atoms with van der Waals surface area (Å²) in [6.07, 6.45) is -5.54. The second kappa shape index (κ2) is 4.14. The van der Waals surface area contributed by atoms with Crippen LogP contribution in [0, 0.1) is 0 Å². The van der Waals surface area contributed by atoms with E-state index in [9.17, 15) is 13.2 Å². The molecule has 84 valence electrons. The fourth-order valence-corrected chi connectivity index (χ4v) is 0.941. The van der Waals surface area contributed by atoms with Crippen molar-refractivity contribution in [2.45, 2.75) is 19.2 Å². The molecular formula is C8H7ClF3NO2. The molecular weight excluding hydrogens is 235 g/mol. The first-order chi connectivity index (χ1) is 6.80. The fraction of sp³-hybridized carbons (Fsp3) is 0.375. The van der Waals surface area contributed by atoms with Crippen LogP contribution in [-0.4, -0.2) is 22.4 Å². The second-order valence-corrected chi connectivity index (χ2v) is 3.19. The van der Waals surface area contributed by atoms with Crippen LogP contribution < -0.4 is 4.74 Å². The van der Waals surface area contributed by atoms with Crippen LogP contribution in [0.15, 0.2) is 12.3 Å². The van der Waals surface area contributed by atoms with Crippen LogP contribution in [0.4, 0.5) is 13.2 Å². The van der Waals surface area contributed by atoms with Crippen LogP contribution in [0.5, 0.6) is 11.6 Å². The average molecular weight is 242 g/mol. The van der Waals surface area contributed by atoms with Gasteiger partial charge in [0.05, 0.1) is 6.20 Å². The highest BCUT2D eigenvalue weighted by Gasteiger charge is 2.38. The third-order valence-electron chi connectivity index (χ3n) is 1.54. The smallest absolute Gasteiger partial charge is 0.425 e. The summed E-state index contributed by atoms with van der Waals surface area (Å²) in [5.41, 5.74) is 0. The molecule has 15 heavy (non-hydrogen) atoms. The van der Waals surface area contributed by atoms with Crippen LogP contribution >= 0.6 is 11.6 Å². The average Bonchev–Trinajstić information content (AvgIpc) is 2.08. The lowest BCUT2D eigenvalue weighted by Crippen LogP contribution is -2.31. The molecule has 0 bridgehead atoms. The van der Waals surface area contributed by atoms with Gasteiger partial charge >= 0.3 is 6.18 Å². The number of hydrogen-bond donors (Lipinski definition) is 1. The van der Waals surface area contributed by atoms with Gasteiger partial charge in [-0.05, 0) is 6.92 Å². The van der Waals surface area contributed by atoms with Crippen LogP contribution in [0.2, 0.25) is 5.02 Å². The molecule has 1 rings (SSSR count). The number of alkyl halides is 3. The molecule has 0 unspecified atom stereocenters. The van der Waals surface area contributed by atoms with Crippen molar-refractivity contribution in [3.05, 3.63) is 17.3 Å². The van der Waals surface area contributed by atoms with Crippen LogP contribution in [0.25, 0.3) is 0 Å². The number of halogens is 4. The van der Waals surface area contributed by atoms with E-state index in [1.54, 1.807) is 0 Å². The van der Waals surface area contributed by atoms with Crippen molar-refractivity contribution in [3.8, 4) is 11.6 Å². The minimum atomic E-state index is -4.48. The van der Waals surface area contributed by atoms with E-state index in [1.807, 2.05) is 0 Å². The van der Waals surface area contributed by atoms with Gasteiger partial charge in [0.15, 0.2) is 6.10 Å². The number of rotatable bonds is 2. The molecule has 0 fully saturated rings. The predicted molar refractivity (Wildman–Crippen MR) is 47.1 cm³/mol. The van der Waals surface area contributed by atoms with Gasteiger partial charge in [0.25, 0.3) is 0 Å². The number of pyridine rings is 1. The van der Waals surface area contributed by atoms with Gasteiger partial charge < -0.3 is 9.84 Å². The van der Waals surface area contributed by atoms with E-state index in [1.165, 1.54) is 0 Å². The summed E-state index contributed by atoms with van der Waals surface area (Å²) < 4.78 is 40.8. The number of ether oxygens (including phenoxy) is 1. The van der Waals surface area contributed by atoms with Crippen molar-refractivity contribution < 1.29 is 23.0 Å². The van der Waals surface area contributed by atoms with E-state index in [0.29, 0.717) is 0 Å². The fourth-order valence-electron chi connectivity index (χ4n) is 0.736. The van der Waals surface area contributed by atoms with Crippen molar-refractivity contribution in [2.75, 3.05) is 0 Å². The Morgan fingerprint density at radius 3 is 2.60 bits per heavy atom. The predicted octanol–water partition coefficient (Wildman–Crippen LogP) is 2.77. The van der Waals surface area contributed by atoms with Gasteiger partial charge in [-0.15, -0.1) is 0 Å². The third kappa shape index (κ3) is 3.16. The summed E-state index contributed by atoms with van der Waals surface area (Å²) >= 11 is 5.51. The summed E-state index contributed by atoms with van der Waals surface area (Å²) in [6.45, 7) is 0.838. The lowest BCUT2D eigenvalue weighted by atomic mass is 10.4. The molecule has 1 aromatic heterocycles. The SMILES string of the molecule is C[C@@H](Oc1ncc(O)cc1Cl)C(F)(F)F. The highest BCUT2D eigenvalue weighted by atomic mass is 35.5. The number of aromatic nitrogens is 1. The first-order valence-corrected chi connectivity index (χ1v) is 4.26. The maximum absolute atomic E-state index is 12.1. The van der Waals surface area contributed by atoms with Gasteiger partial charge in [-0.1, -0.05) is 11.6 Å². The second-order valence-electron chi connectivity index (χ2n) is 2.78. The molecule has 1 atom stereocenters. The Kier molecular flexibility index (Phi) is 3.28. The van der Waals surface area contributed by atoms with Gasteiger partial charge in [0, 0.05) is 6.07 Å². The summed E-state index contributed by atoms with van der Waals surface area (Å²) in [5.74, 6) is -0.605. The lowest BCUT2D eigenvalue weighted by molar-refractivity contribution is -0.189. The first kappa shape index (κ1) is 11.9. The van der Waals surface area contributed by atoms with E-state index in [4.69, 9.17) is 16.7 Å². The zero-order valence-electron chi connectivity index (χ0n) is 7.55. The molecule has 0 saturated heterocycles. The Morgan fingerprint density at radius 1 is 1.53 bits per heavy atom. The summed E-state index contributed by atoms with van der Waals surface area (Å²) in [5, 5.41) is 8.73. The molecule has 0 aliphatic heterocycles. The third-order valence-corrected chi connectivity index (χ3v) is 1.81. The molecule has 0 aliphatic rings. The Balaban J connectivity index is 2.82. The molecule has 7 heteroatoms. The monoisotopic (exact) mass is 241 g/mol. The van der Waals surface area contributed by atoms with E-state index < -0.39 is 12.3 Å². The van der Waals surface area contributed by atoms with Crippen LogP contribution in [-0.2, 0) is 0 Å². The minimum Gasteiger partial charge on any atom is -0.506 e. The molecule has 1 aromatic rings. The normalized spacial score (nSPS) is 13.7. The highest BCUT2D eigenvalue weighted by Crippen LogP contribution is 2.29. The molecule has 0 amide bonds. The quantitative estimate of drug-likeness (QED) is 0.866. The largest absolute Gasteiger partial charge is 0.506 e. The standard InChI is InChI=1S/C8H7ClF3NO2/c1-4(8(10,11)12)15-7-6(9)2-5(14)3-13-7/h2-4,14H,1H3/t4-/m1/s1. The number of nitrogens with zero attached hydrogens (tertiary/aromatic N) is 1. The summed E-state index contributed by atoms with van der Waals surface area (Å²) in [7, 11) is 0. The first-order valence-electron chi connectivity index (χ1n) is 3.88. The topological polar surface area (TPSA) is 42.4 Å². The van der Waals surface area contributed by atoms with Gasteiger partial charge in [0.1, 0.15) is 10.8 Å². The summed E-state index contributed by atoms with van der Waals surface area (Å²) in [4.78, 5) is 3.43. The number of hydrogen-bond acceptors (Lipinski definition) is 3. The minimum absolute atomic E-state index is 0.175. The zero-order valence-corrected chi connectivity index (χ0v) is 8.30. The highest BCUT2D eigenvalue weighted by molar-refractivity contribution is 6.31. The molecule has 0 saturated carbocycles. The maximum atomic E-state index is 12.1. The Bertz CT molecular complexity index is 356. The molecule has 3 nitrogen and oxygen atoms in total. The Morgan fingerprint density at radius 2 is 2.13 bits per heavy atom. The van der Waals surface area contributed by atoms with Crippen molar-refractivity contribution in [1.29, 1.82) is 0 Å². The van der Waals surface area contributed by atoms with E-state index in [2.05, 4.69) is 9.72 Å². The van der Waals surface area contributed by atoms with Gasteiger partial charge in [-0.2, -0.15) is 13.2 Å². The van der Waals surface area contributed by atoms with Gasteiger partial charge in [-0.25, -0.2) is 4.98 Å². The van der Waals surface area contributed by atoms with E-state index >= 15 is 0 Å². The van der Waals surface area contributed by atoms with Crippen molar-refractivity contribution in [3.63, 3.8) is 0 Å². The van der Waals surface area contributed by atoms with Crippen molar-refractivity contribution in [2.24, 2.45) is 0 Å². The maximum Gasteiger partial charge on any atom is 0.425 e. The lowest BCUT2D eigenvalue weighted by Gasteiger charge is -2.17. The molecule has 0 aromatic carbocycles. The van der Waals surface area contributed by atoms with E-state index in [0.717, 1.165) is 19.2 Å². The van der Waals surface area contributed by atoms with Crippen molar-refractivity contribution in [1.82, 2.24) is 4.98 Å². The van der Waals surface area contributed by atoms with E-state index in [-0.39, 0.29) is 16.7 Å². The van der Waals surface area contributed by atoms with Crippen LogP contribution in [0.1, 0.15) is 6.92 Å². The molecule has 1 heterocycles. The summed E-state index contributed by atoms with van der Waals surface area (Å²) in [6, 6.07) is 1.05. The zero-order chi connectivity index (χ0) is 11.6. The van der Waals surface area contributed by atoms with Crippen LogP contribution in [0.3, 0.4) is 0 Å². The number of aromatic hydroxyl groups is 1. The molecule has 0 radical (unpaired) electrons. The molecule has 0 spiro atoms.